The summed E-state index contributed by atoms with van der Waals surface area (Å²) in [6.45, 7) is 0.513. The average molecular weight is 391 g/mol. The molecule has 0 atom stereocenters. The lowest BCUT2D eigenvalue weighted by molar-refractivity contribution is -0.118. The van der Waals surface area contributed by atoms with Crippen LogP contribution < -0.4 is 10.6 Å². The third-order valence-corrected chi connectivity index (χ3v) is 5.17. The van der Waals surface area contributed by atoms with E-state index in [0.717, 1.165) is 0 Å². The summed E-state index contributed by atoms with van der Waals surface area (Å²) in [4.78, 5) is 34.3. The standard InChI is InChI=1S/C14H18N2O5S3/c1-21-14(20)10-6-9(2-3-11(10)17)16-13(19)8-24-23-5-4-15-12(18)7-22/h2-3,6,17,22H,4-5,7-8H2,1H3,(H,15,18)(H,16,19). The summed E-state index contributed by atoms with van der Waals surface area (Å²) in [7, 11) is 4.02. The zero-order chi connectivity index (χ0) is 17.9. The Labute approximate surface area is 153 Å². The van der Waals surface area contributed by atoms with E-state index in [9.17, 15) is 19.5 Å². The van der Waals surface area contributed by atoms with Gasteiger partial charge in [-0.05, 0) is 18.2 Å². The number of amides is 2. The quantitative estimate of drug-likeness (QED) is 0.167. The van der Waals surface area contributed by atoms with Crippen LogP contribution in [0.2, 0.25) is 0 Å². The van der Waals surface area contributed by atoms with Gasteiger partial charge in [-0.1, -0.05) is 21.6 Å². The molecule has 0 aliphatic rings. The summed E-state index contributed by atoms with van der Waals surface area (Å²) < 4.78 is 4.55. The highest BCUT2D eigenvalue weighted by Gasteiger charge is 2.13. The molecule has 0 fully saturated rings. The molecule has 0 saturated carbocycles. The third kappa shape index (κ3) is 7.37. The van der Waals surface area contributed by atoms with Crippen LogP contribution in [0.1, 0.15) is 10.4 Å². The van der Waals surface area contributed by atoms with Crippen LogP contribution in [0, 0.1) is 0 Å². The Morgan fingerprint density at radius 2 is 2.00 bits per heavy atom. The largest absolute Gasteiger partial charge is 0.507 e. The number of carbonyl (C=O) groups is 3. The molecule has 1 rings (SSSR count). The van der Waals surface area contributed by atoms with E-state index in [2.05, 4.69) is 28.0 Å². The first-order valence-corrected chi connectivity index (χ1v) is 9.93. The molecule has 0 unspecified atom stereocenters. The maximum Gasteiger partial charge on any atom is 0.341 e. The number of anilines is 1. The summed E-state index contributed by atoms with van der Waals surface area (Å²) in [5, 5.41) is 14.9. The number of nitrogens with one attached hydrogen (secondary N) is 2. The maximum absolute atomic E-state index is 11.8. The Kier molecular flexibility index (Phi) is 9.50. The third-order valence-electron chi connectivity index (χ3n) is 2.61. The van der Waals surface area contributed by atoms with Crippen LogP contribution in [0.25, 0.3) is 0 Å². The molecule has 2 amide bonds. The van der Waals surface area contributed by atoms with Crippen LogP contribution in [-0.2, 0) is 14.3 Å². The number of esters is 1. The smallest absolute Gasteiger partial charge is 0.341 e. The molecule has 132 valence electrons. The van der Waals surface area contributed by atoms with Crippen LogP contribution in [0.3, 0.4) is 0 Å². The van der Waals surface area contributed by atoms with Crippen LogP contribution in [0.4, 0.5) is 5.69 Å². The van der Waals surface area contributed by atoms with E-state index in [1.54, 1.807) is 0 Å². The summed E-state index contributed by atoms with van der Waals surface area (Å²) in [5.41, 5.74) is 0.377. The number of methoxy groups -OCH3 is 1. The molecule has 0 aliphatic heterocycles. The minimum absolute atomic E-state index is 0.0164. The topological polar surface area (TPSA) is 105 Å². The second kappa shape index (κ2) is 11.1. The highest BCUT2D eigenvalue weighted by Crippen LogP contribution is 2.24. The molecule has 3 N–H and O–H groups in total. The molecule has 24 heavy (non-hydrogen) atoms. The number of hydrogen-bond donors (Lipinski definition) is 4. The summed E-state index contributed by atoms with van der Waals surface area (Å²) in [6, 6.07) is 4.15. The van der Waals surface area contributed by atoms with E-state index in [1.807, 2.05) is 0 Å². The van der Waals surface area contributed by atoms with Gasteiger partial charge in [0.2, 0.25) is 11.8 Å². The molecule has 0 aromatic heterocycles. The SMILES string of the molecule is COC(=O)c1cc(NC(=O)CSSCCNC(=O)CS)ccc1O. The van der Waals surface area contributed by atoms with E-state index in [1.165, 1.54) is 46.9 Å². The van der Waals surface area contributed by atoms with E-state index >= 15 is 0 Å². The number of phenolic OH excluding ortho intramolecular Hbond substituents is 1. The van der Waals surface area contributed by atoms with Crippen molar-refractivity contribution in [3.8, 4) is 5.75 Å². The van der Waals surface area contributed by atoms with E-state index in [0.29, 0.717) is 18.0 Å². The van der Waals surface area contributed by atoms with Crippen LogP contribution in [0.5, 0.6) is 5.75 Å². The number of hydrogen-bond acceptors (Lipinski definition) is 8. The molecule has 0 bridgehead atoms. The molecule has 10 heteroatoms. The lowest BCUT2D eigenvalue weighted by Crippen LogP contribution is -2.26. The molecule has 0 spiro atoms. The van der Waals surface area contributed by atoms with Gasteiger partial charge in [-0.3, -0.25) is 9.59 Å². The van der Waals surface area contributed by atoms with Gasteiger partial charge in [-0.25, -0.2) is 4.79 Å². The summed E-state index contributed by atoms with van der Waals surface area (Å²) in [6.07, 6.45) is 0. The molecule has 0 radical (unpaired) electrons. The van der Waals surface area contributed by atoms with Crippen molar-refractivity contribution in [2.75, 3.05) is 36.2 Å². The van der Waals surface area contributed by atoms with Crippen molar-refractivity contribution in [3.63, 3.8) is 0 Å². The molecule has 7 nitrogen and oxygen atoms in total. The van der Waals surface area contributed by atoms with Crippen LogP contribution >= 0.6 is 34.2 Å². The van der Waals surface area contributed by atoms with Crippen molar-refractivity contribution in [2.45, 2.75) is 0 Å². The van der Waals surface area contributed by atoms with Gasteiger partial charge in [0.25, 0.3) is 0 Å². The number of benzene rings is 1. The summed E-state index contributed by atoms with van der Waals surface area (Å²) in [5.74, 6) is -0.239. The van der Waals surface area contributed by atoms with Gasteiger partial charge in [0.05, 0.1) is 18.6 Å². The molecule has 1 aromatic carbocycles. The Morgan fingerprint density at radius 3 is 2.67 bits per heavy atom. The van der Waals surface area contributed by atoms with E-state index in [4.69, 9.17) is 0 Å². The number of thiol groups is 1. The monoisotopic (exact) mass is 390 g/mol. The Balaban J connectivity index is 2.35. The average Bonchev–Trinajstić information content (AvgIpc) is 2.58. The predicted molar refractivity (Wildman–Crippen MR) is 99.9 cm³/mol. The Morgan fingerprint density at radius 1 is 1.25 bits per heavy atom. The van der Waals surface area contributed by atoms with Crippen molar-refractivity contribution in [3.05, 3.63) is 23.8 Å². The normalized spacial score (nSPS) is 10.1. The highest BCUT2D eigenvalue weighted by atomic mass is 33.1. The zero-order valence-electron chi connectivity index (χ0n) is 12.9. The van der Waals surface area contributed by atoms with Gasteiger partial charge < -0.3 is 20.5 Å². The van der Waals surface area contributed by atoms with Gasteiger partial charge in [0.15, 0.2) is 0 Å². The minimum Gasteiger partial charge on any atom is -0.507 e. The molecular formula is C14H18N2O5S3. The second-order valence-corrected chi connectivity index (χ2v) is 7.26. The lowest BCUT2D eigenvalue weighted by Gasteiger charge is -2.08. The molecular weight excluding hydrogens is 372 g/mol. The Hall–Kier alpha value is -1.52. The van der Waals surface area contributed by atoms with Crippen molar-refractivity contribution in [2.24, 2.45) is 0 Å². The van der Waals surface area contributed by atoms with Gasteiger partial charge in [-0.2, -0.15) is 12.6 Å². The van der Waals surface area contributed by atoms with E-state index in [-0.39, 0.29) is 34.6 Å². The van der Waals surface area contributed by atoms with Gasteiger partial charge in [-0.15, -0.1) is 0 Å². The fraction of sp³-hybridized carbons (Fsp3) is 0.357. The predicted octanol–water partition coefficient (Wildman–Crippen LogP) is 1.54. The number of rotatable bonds is 9. The maximum atomic E-state index is 11.8. The summed E-state index contributed by atoms with van der Waals surface area (Å²) >= 11 is 3.84. The number of phenols is 1. The van der Waals surface area contributed by atoms with Gasteiger partial charge in [0, 0.05) is 18.0 Å². The molecule has 0 heterocycles. The number of carbonyl (C=O) groups excluding carboxylic acids is 3. The molecule has 1 aromatic rings. The van der Waals surface area contributed by atoms with Crippen LogP contribution in [0.15, 0.2) is 18.2 Å². The second-order valence-electron chi connectivity index (χ2n) is 4.36. The fourth-order valence-electron chi connectivity index (χ4n) is 1.53. The molecule has 0 saturated heterocycles. The van der Waals surface area contributed by atoms with E-state index < -0.39 is 5.97 Å². The first-order chi connectivity index (χ1) is 11.5. The van der Waals surface area contributed by atoms with Crippen molar-refractivity contribution in [1.29, 1.82) is 0 Å². The first-order valence-electron chi connectivity index (χ1n) is 6.81. The first kappa shape index (κ1) is 20.5. The Bertz CT molecular complexity index is 598. The zero-order valence-corrected chi connectivity index (χ0v) is 15.4. The van der Waals surface area contributed by atoms with Crippen molar-refractivity contribution in [1.82, 2.24) is 5.32 Å². The fourth-order valence-corrected chi connectivity index (χ4v) is 3.38. The number of aromatic hydroxyl groups is 1. The van der Waals surface area contributed by atoms with Crippen molar-refractivity contribution < 1.29 is 24.2 Å². The van der Waals surface area contributed by atoms with Crippen molar-refractivity contribution >= 4 is 57.7 Å². The van der Waals surface area contributed by atoms with Gasteiger partial charge in [0.1, 0.15) is 11.3 Å². The number of ether oxygens (including phenoxy) is 1. The molecule has 0 aliphatic carbocycles. The van der Waals surface area contributed by atoms with Crippen LogP contribution in [-0.4, -0.2) is 53.8 Å². The minimum atomic E-state index is -0.684. The lowest BCUT2D eigenvalue weighted by atomic mass is 10.2. The van der Waals surface area contributed by atoms with Gasteiger partial charge >= 0.3 is 5.97 Å². The highest BCUT2D eigenvalue weighted by molar-refractivity contribution is 8.76.